The van der Waals surface area contributed by atoms with Gasteiger partial charge in [0.05, 0.1) is 6.61 Å². The highest BCUT2D eigenvalue weighted by atomic mass is 32.1. The number of carbonyl (C=O) groups is 1. The summed E-state index contributed by atoms with van der Waals surface area (Å²) in [5, 5.41) is 9.68. The number of hydrogen-bond donors (Lipinski definition) is 1. The Morgan fingerprint density at radius 2 is 2.27 bits per heavy atom. The summed E-state index contributed by atoms with van der Waals surface area (Å²) in [4.78, 5) is 16.9. The molecule has 2 saturated heterocycles. The van der Waals surface area contributed by atoms with Crippen molar-refractivity contribution in [3.05, 3.63) is 21.9 Å². The van der Waals surface area contributed by atoms with E-state index in [0.29, 0.717) is 25.7 Å². The van der Waals surface area contributed by atoms with Crippen molar-refractivity contribution in [2.75, 3.05) is 26.3 Å². The van der Waals surface area contributed by atoms with Crippen LogP contribution in [0.3, 0.4) is 0 Å². The summed E-state index contributed by atoms with van der Waals surface area (Å²) < 4.78 is 5.49. The molecule has 0 radical (unpaired) electrons. The molecule has 0 unspecified atom stereocenters. The molecule has 22 heavy (non-hydrogen) atoms. The van der Waals surface area contributed by atoms with Gasteiger partial charge in [0.1, 0.15) is 5.41 Å². The van der Waals surface area contributed by atoms with Gasteiger partial charge < -0.3 is 9.84 Å². The van der Waals surface area contributed by atoms with Crippen LogP contribution in [0.4, 0.5) is 0 Å². The maximum absolute atomic E-state index is 11.8. The number of thiophene rings is 1. The van der Waals surface area contributed by atoms with Crippen LogP contribution < -0.4 is 0 Å². The van der Waals surface area contributed by atoms with E-state index in [2.05, 4.69) is 30.9 Å². The Kier molecular flexibility index (Phi) is 4.57. The second-order valence-electron chi connectivity index (χ2n) is 7.14. The van der Waals surface area contributed by atoms with Gasteiger partial charge in [-0.15, -0.1) is 11.3 Å². The van der Waals surface area contributed by atoms with Crippen molar-refractivity contribution in [2.24, 2.45) is 17.3 Å². The topological polar surface area (TPSA) is 49.8 Å². The summed E-state index contributed by atoms with van der Waals surface area (Å²) in [6.07, 6.45) is 1.99. The van der Waals surface area contributed by atoms with E-state index >= 15 is 0 Å². The lowest BCUT2D eigenvalue weighted by molar-refractivity contribution is -0.159. The molecule has 122 valence electrons. The summed E-state index contributed by atoms with van der Waals surface area (Å²) in [7, 11) is 0. The maximum Gasteiger partial charge on any atom is 0.313 e. The van der Waals surface area contributed by atoms with Crippen LogP contribution in [0.2, 0.25) is 0 Å². The van der Waals surface area contributed by atoms with Gasteiger partial charge in [0, 0.05) is 36.0 Å². The summed E-state index contributed by atoms with van der Waals surface area (Å²) >= 11 is 1.87. The van der Waals surface area contributed by atoms with E-state index in [1.807, 2.05) is 11.3 Å². The summed E-state index contributed by atoms with van der Waals surface area (Å²) in [6.45, 7) is 7.91. The van der Waals surface area contributed by atoms with Gasteiger partial charge in [-0.05, 0) is 36.8 Å². The number of ether oxygens (including phenoxy) is 1. The molecule has 0 bridgehead atoms. The Morgan fingerprint density at radius 3 is 2.95 bits per heavy atom. The number of aliphatic carboxylic acids is 1. The molecule has 1 aromatic rings. The van der Waals surface area contributed by atoms with Crippen LogP contribution >= 0.6 is 11.3 Å². The quantitative estimate of drug-likeness (QED) is 0.905. The van der Waals surface area contributed by atoms with Crippen LogP contribution in [0.25, 0.3) is 0 Å². The minimum absolute atomic E-state index is 0.230. The molecule has 0 aliphatic carbocycles. The van der Waals surface area contributed by atoms with E-state index in [4.69, 9.17) is 4.74 Å². The van der Waals surface area contributed by atoms with Crippen molar-refractivity contribution in [3.8, 4) is 0 Å². The predicted octanol–water partition coefficient (Wildman–Crippen LogP) is 2.87. The first-order valence-corrected chi connectivity index (χ1v) is 8.92. The lowest BCUT2D eigenvalue weighted by atomic mass is 9.76. The molecule has 4 nitrogen and oxygen atoms in total. The van der Waals surface area contributed by atoms with Gasteiger partial charge in [-0.3, -0.25) is 9.69 Å². The lowest BCUT2D eigenvalue weighted by Crippen LogP contribution is -2.46. The SMILES string of the molecule is CC(C)Cc1ccc(CN2C[C@@H]3CCOC[C@]3(C(=O)O)C2)s1. The molecule has 2 aliphatic heterocycles. The van der Waals surface area contributed by atoms with Gasteiger partial charge in [0.25, 0.3) is 0 Å². The van der Waals surface area contributed by atoms with Crippen LogP contribution in [0.5, 0.6) is 0 Å². The summed E-state index contributed by atoms with van der Waals surface area (Å²) in [5.74, 6) is 0.216. The first-order valence-electron chi connectivity index (χ1n) is 8.11. The van der Waals surface area contributed by atoms with E-state index in [9.17, 15) is 9.90 Å². The minimum Gasteiger partial charge on any atom is -0.481 e. The smallest absolute Gasteiger partial charge is 0.313 e. The molecule has 0 amide bonds. The van der Waals surface area contributed by atoms with E-state index < -0.39 is 11.4 Å². The van der Waals surface area contributed by atoms with Crippen LogP contribution in [0.1, 0.15) is 30.0 Å². The predicted molar refractivity (Wildman–Crippen MR) is 87.1 cm³/mol. The highest BCUT2D eigenvalue weighted by molar-refractivity contribution is 7.11. The van der Waals surface area contributed by atoms with E-state index in [1.54, 1.807) is 0 Å². The standard InChI is InChI=1S/C17H25NO3S/c1-12(2)7-14-3-4-15(22-14)9-18-8-13-5-6-21-11-17(13,10-18)16(19)20/h3-4,12-13H,5-11H2,1-2H3,(H,19,20)/t13-,17+/m0/s1. The van der Waals surface area contributed by atoms with E-state index in [1.165, 1.54) is 9.75 Å². The molecule has 3 rings (SSSR count). The zero-order valence-electron chi connectivity index (χ0n) is 13.4. The monoisotopic (exact) mass is 323 g/mol. The lowest BCUT2D eigenvalue weighted by Gasteiger charge is -2.34. The van der Waals surface area contributed by atoms with Crippen molar-refractivity contribution in [2.45, 2.75) is 33.2 Å². The first kappa shape index (κ1) is 16.0. The first-order chi connectivity index (χ1) is 10.5. The van der Waals surface area contributed by atoms with Gasteiger partial charge >= 0.3 is 5.97 Å². The zero-order chi connectivity index (χ0) is 15.7. The summed E-state index contributed by atoms with van der Waals surface area (Å²) in [5.41, 5.74) is -0.684. The normalized spacial score (nSPS) is 29.0. The number of likely N-dealkylation sites (tertiary alicyclic amines) is 1. The van der Waals surface area contributed by atoms with Crippen LogP contribution in [-0.2, 0) is 22.5 Å². The Hall–Kier alpha value is -0.910. The second-order valence-corrected chi connectivity index (χ2v) is 8.39. The molecule has 2 fully saturated rings. The molecule has 0 spiro atoms. The van der Waals surface area contributed by atoms with Crippen LogP contribution in [0.15, 0.2) is 12.1 Å². The minimum atomic E-state index is -0.689. The molecule has 0 saturated carbocycles. The van der Waals surface area contributed by atoms with Gasteiger partial charge in [-0.25, -0.2) is 0 Å². The number of carboxylic acid groups (broad SMARTS) is 1. The Balaban J connectivity index is 1.67. The molecule has 0 aromatic carbocycles. The third-order valence-electron chi connectivity index (χ3n) is 4.87. The van der Waals surface area contributed by atoms with Crippen molar-refractivity contribution >= 4 is 17.3 Å². The number of rotatable bonds is 5. The van der Waals surface area contributed by atoms with Gasteiger partial charge in [-0.2, -0.15) is 0 Å². The Bertz CT molecular complexity index is 542. The average Bonchev–Trinajstić information content (AvgIpc) is 3.02. The second kappa shape index (κ2) is 6.30. The molecule has 1 aromatic heterocycles. The number of hydrogen-bond acceptors (Lipinski definition) is 4. The molecule has 1 N–H and O–H groups in total. The van der Waals surface area contributed by atoms with Gasteiger partial charge in [0.15, 0.2) is 0 Å². The fraction of sp³-hybridized carbons (Fsp3) is 0.706. The molecular weight excluding hydrogens is 298 g/mol. The van der Waals surface area contributed by atoms with Crippen molar-refractivity contribution in [1.29, 1.82) is 0 Å². The Morgan fingerprint density at radius 1 is 1.50 bits per heavy atom. The summed E-state index contributed by atoms with van der Waals surface area (Å²) in [6, 6.07) is 4.42. The number of nitrogens with zero attached hydrogens (tertiary/aromatic N) is 1. The zero-order valence-corrected chi connectivity index (χ0v) is 14.2. The third-order valence-corrected chi connectivity index (χ3v) is 5.96. The molecule has 2 aliphatic rings. The highest BCUT2D eigenvalue weighted by Gasteiger charge is 2.53. The van der Waals surface area contributed by atoms with E-state index in [0.717, 1.165) is 25.9 Å². The molecule has 3 heterocycles. The fourth-order valence-electron chi connectivity index (χ4n) is 3.75. The van der Waals surface area contributed by atoms with Crippen molar-refractivity contribution < 1.29 is 14.6 Å². The van der Waals surface area contributed by atoms with Gasteiger partial charge in [-0.1, -0.05) is 13.8 Å². The highest BCUT2D eigenvalue weighted by Crippen LogP contribution is 2.42. The van der Waals surface area contributed by atoms with Crippen molar-refractivity contribution in [3.63, 3.8) is 0 Å². The van der Waals surface area contributed by atoms with Crippen LogP contribution in [0, 0.1) is 17.3 Å². The fourth-order valence-corrected chi connectivity index (χ4v) is 5.03. The molecule has 5 heteroatoms. The van der Waals surface area contributed by atoms with E-state index in [-0.39, 0.29) is 5.92 Å². The van der Waals surface area contributed by atoms with Crippen molar-refractivity contribution in [1.82, 2.24) is 4.90 Å². The largest absolute Gasteiger partial charge is 0.481 e. The average molecular weight is 323 g/mol. The third kappa shape index (κ3) is 3.07. The maximum atomic E-state index is 11.8. The Labute approximate surface area is 136 Å². The molecular formula is C17H25NO3S. The van der Waals surface area contributed by atoms with Gasteiger partial charge in [0.2, 0.25) is 0 Å². The molecule has 2 atom stereocenters. The number of fused-ring (bicyclic) bond motifs is 1. The van der Waals surface area contributed by atoms with Crippen LogP contribution in [-0.4, -0.2) is 42.3 Å². The number of carboxylic acids is 1.